The maximum atomic E-state index is 12.1. The van der Waals surface area contributed by atoms with Gasteiger partial charge in [0.2, 0.25) is 0 Å². The normalized spacial score (nSPS) is 32.9. The predicted octanol–water partition coefficient (Wildman–Crippen LogP) is 3.82. The van der Waals surface area contributed by atoms with Crippen LogP contribution in [0.3, 0.4) is 0 Å². The van der Waals surface area contributed by atoms with Gasteiger partial charge in [0.1, 0.15) is 5.60 Å². The third kappa shape index (κ3) is 3.18. The quantitative estimate of drug-likeness (QED) is 0.656. The lowest BCUT2D eigenvalue weighted by atomic mass is 9.70. The van der Waals surface area contributed by atoms with Gasteiger partial charge < -0.3 is 9.64 Å². The zero-order valence-electron chi connectivity index (χ0n) is 12.3. The first-order valence-electron chi connectivity index (χ1n) is 7.28. The summed E-state index contributed by atoms with van der Waals surface area (Å²) in [5.74, 6) is 0.817. The van der Waals surface area contributed by atoms with Crippen LogP contribution in [0.1, 0.15) is 59.8 Å². The first-order chi connectivity index (χ1) is 8.30. The van der Waals surface area contributed by atoms with Crippen LogP contribution < -0.4 is 0 Å². The molecule has 0 unspecified atom stereocenters. The smallest absolute Gasteiger partial charge is 0.410 e. The van der Waals surface area contributed by atoms with E-state index in [9.17, 15) is 4.79 Å². The van der Waals surface area contributed by atoms with Gasteiger partial charge in [0.15, 0.2) is 0 Å². The lowest BCUT2D eigenvalue weighted by Crippen LogP contribution is -2.38. The SMILES string of the molecule is C[C@@H]1CCC[C@]2(CCN(C(=O)OC(C)(C)C)C2)C1. The molecule has 1 heterocycles. The molecule has 3 nitrogen and oxygen atoms in total. The molecule has 0 N–H and O–H groups in total. The summed E-state index contributed by atoms with van der Waals surface area (Å²) >= 11 is 0. The number of nitrogens with zero attached hydrogens (tertiary/aromatic N) is 1. The Labute approximate surface area is 111 Å². The summed E-state index contributed by atoms with van der Waals surface area (Å²) in [5.41, 5.74) is 0.0151. The molecular formula is C15H27NO2. The van der Waals surface area contributed by atoms with Gasteiger partial charge in [-0.1, -0.05) is 19.8 Å². The molecule has 1 saturated carbocycles. The van der Waals surface area contributed by atoms with E-state index in [-0.39, 0.29) is 11.7 Å². The van der Waals surface area contributed by atoms with Gasteiger partial charge in [0.05, 0.1) is 0 Å². The van der Waals surface area contributed by atoms with E-state index in [1.54, 1.807) is 0 Å². The fourth-order valence-corrected chi connectivity index (χ4v) is 3.56. The Hall–Kier alpha value is -0.730. The fourth-order valence-electron chi connectivity index (χ4n) is 3.56. The van der Waals surface area contributed by atoms with Crippen molar-refractivity contribution in [3.8, 4) is 0 Å². The minimum atomic E-state index is -0.382. The van der Waals surface area contributed by atoms with Crippen LogP contribution in [0.5, 0.6) is 0 Å². The van der Waals surface area contributed by atoms with Crippen molar-refractivity contribution in [1.82, 2.24) is 4.90 Å². The fraction of sp³-hybridized carbons (Fsp3) is 0.933. The van der Waals surface area contributed by atoms with Crippen molar-refractivity contribution >= 4 is 6.09 Å². The highest BCUT2D eigenvalue weighted by molar-refractivity contribution is 5.68. The van der Waals surface area contributed by atoms with Gasteiger partial charge in [-0.15, -0.1) is 0 Å². The molecule has 0 aromatic rings. The number of carbonyl (C=O) groups excluding carboxylic acids is 1. The van der Waals surface area contributed by atoms with Crippen molar-refractivity contribution in [2.24, 2.45) is 11.3 Å². The number of hydrogen-bond donors (Lipinski definition) is 0. The Kier molecular flexibility index (Phi) is 3.61. The first-order valence-corrected chi connectivity index (χ1v) is 7.28. The Bertz CT molecular complexity index is 321. The second-order valence-corrected chi connectivity index (χ2v) is 7.35. The van der Waals surface area contributed by atoms with Gasteiger partial charge >= 0.3 is 6.09 Å². The Morgan fingerprint density at radius 1 is 1.33 bits per heavy atom. The van der Waals surface area contributed by atoms with E-state index in [0.717, 1.165) is 25.4 Å². The molecule has 1 amide bonds. The summed E-state index contributed by atoms with van der Waals surface area (Å²) in [5, 5.41) is 0. The minimum Gasteiger partial charge on any atom is -0.444 e. The van der Waals surface area contributed by atoms with Gasteiger partial charge in [-0.3, -0.25) is 0 Å². The van der Waals surface area contributed by atoms with E-state index in [1.165, 1.54) is 25.7 Å². The molecule has 2 aliphatic rings. The van der Waals surface area contributed by atoms with Crippen molar-refractivity contribution < 1.29 is 9.53 Å². The first kappa shape index (κ1) is 13.7. The lowest BCUT2D eigenvalue weighted by Gasteiger charge is -2.36. The molecule has 1 aliphatic heterocycles. The molecule has 2 rings (SSSR count). The van der Waals surface area contributed by atoms with Gasteiger partial charge in [-0.05, 0) is 51.4 Å². The topological polar surface area (TPSA) is 29.5 Å². The summed E-state index contributed by atoms with van der Waals surface area (Å²) < 4.78 is 5.47. The molecule has 18 heavy (non-hydrogen) atoms. The zero-order chi connectivity index (χ0) is 13.4. The molecule has 1 spiro atoms. The van der Waals surface area contributed by atoms with E-state index >= 15 is 0 Å². The number of hydrogen-bond acceptors (Lipinski definition) is 2. The zero-order valence-corrected chi connectivity index (χ0v) is 12.3. The number of carbonyl (C=O) groups is 1. The summed E-state index contributed by atoms with van der Waals surface area (Å²) in [6.07, 6.45) is 6.29. The molecule has 2 fully saturated rings. The molecule has 3 heteroatoms. The van der Waals surface area contributed by atoms with Gasteiger partial charge in [0.25, 0.3) is 0 Å². The third-order valence-electron chi connectivity index (χ3n) is 4.28. The van der Waals surface area contributed by atoms with Gasteiger partial charge in [-0.2, -0.15) is 0 Å². The number of likely N-dealkylation sites (tertiary alicyclic amines) is 1. The maximum absolute atomic E-state index is 12.1. The van der Waals surface area contributed by atoms with Crippen LogP contribution >= 0.6 is 0 Å². The average molecular weight is 253 g/mol. The van der Waals surface area contributed by atoms with E-state index < -0.39 is 0 Å². The number of amides is 1. The van der Waals surface area contributed by atoms with E-state index in [2.05, 4.69) is 6.92 Å². The summed E-state index contributed by atoms with van der Waals surface area (Å²) in [7, 11) is 0. The second kappa shape index (κ2) is 4.75. The molecule has 2 atom stereocenters. The molecule has 0 radical (unpaired) electrons. The van der Waals surface area contributed by atoms with Crippen LogP contribution in [-0.2, 0) is 4.74 Å². The van der Waals surface area contributed by atoms with Crippen LogP contribution in [0.2, 0.25) is 0 Å². The molecule has 0 aromatic carbocycles. The Morgan fingerprint density at radius 3 is 2.67 bits per heavy atom. The van der Waals surface area contributed by atoms with Gasteiger partial charge in [-0.25, -0.2) is 4.79 Å². The summed E-state index contributed by atoms with van der Waals surface area (Å²) in [6, 6.07) is 0. The highest BCUT2D eigenvalue weighted by Gasteiger charge is 2.43. The molecular weight excluding hydrogens is 226 g/mol. The van der Waals surface area contributed by atoms with Crippen molar-refractivity contribution in [3.63, 3.8) is 0 Å². The van der Waals surface area contributed by atoms with E-state index in [4.69, 9.17) is 4.74 Å². The largest absolute Gasteiger partial charge is 0.444 e. The predicted molar refractivity (Wildman–Crippen MR) is 72.5 cm³/mol. The van der Waals surface area contributed by atoms with E-state index in [1.807, 2.05) is 25.7 Å². The van der Waals surface area contributed by atoms with Crippen LogP contribution in [0.25, 0.3) is 0 Å². The molecule has 0 bridgehead atoms. The highest BCUT2D eigenvalue weighted by atomic mass is 16.6. The number of ether oxygens (including phenoxy) is 1. The third-order valence-corrected chi connectivity index (χ3v) is 4.28. The Balaban J connectivity index is 1.93. The monoisotopic (exact) mass is 253 g/mol. The van der Waals surface area contributed by atoms with Crippen molar-refractivity contribution in [1.29, 1.82) is 0 Å². The van der Waals surface area contributed by atoms with Gasteiger partial charge in [0, 0.05) is 13.1 Å². The molecule has 104 valence electrons. The second-order valence-electron chi connectivity index (χ2n) is 7.35. The minimum absolute atomic E-state index is 0.127. The van der Waals surface area contributed by atoms with E-state index in [0.29, 0.717) is 5.41 Å². The van der Waals surface area contributed by atoms with Crippen LogP contribution in [0.4, 0.5) is 4.79 Å². The standard InChI is InChI=1S/C15H27NO2/c1-12-6-5-7-15(10-12)8-9-16(11-15)13(17)18-14(2,3)4/h12H,5-11H2,1-4H3/t12-,15+/m1/s1. The molecule has 1 saturated heterocycles. The van der Waals surface area contributed by atoms with Crippen LogP contribution in [-0.4, -0.2) is 29.7 Å². The molecule has 0 aromatic heterocycles. The number of rotatable bonds is 0. The average Bonchev–Trinajstić information content (AvgIpc) is 2.59. The maximum Gasteiger partial charge on any atom is 0.410 e. The molecule has 1 aliphatic carbocycles. The summed E-state index contributed by atoms with van der Waals surface area (Å²) in [4.78, 5) is 14.0. The van der Waals surface area contributed by atoms with Crippen molar-refractivity contribution in [2.45, 2.75) is 65.4 Å². The Morgan fingerprint density at radius 2 is 2.06 bits per heavy atom. The van der Waals surface area contributed by atoms with Crippen LogP contribution in [0, 0.1) is 11.3 Å². The van der Waals surface area contributed by atoms with Crippen molar-refractivity contribution in [2.75, 3.05) is 13.1 Å². The highest BCUT2D eigenvalue weighted by Crippen LogP contribution is 2.45. The lowest BCUT2D eigenvalue weighted by molar-refractivity contribution is 0.0254. The summed E-state index contributed by atoms with van der Waals surface area (Å²) in [6.45, 7) is 9.92. The van der Waals surface area contributed by atoms with Crippen LogP contribution in [0.15, 0.2) is 0 Å². The van der Waals surface area contributed by atoms with Crippen molar-refractivity contribution in [3.05, 3.63) is 0 Å².